The van der Waals surface area contributed by atoms with Crippen LogP contribution in [0.15, 0.2) is 6.33 Å². The second-order valence-corrected chi connectivity index (χ2v) is 13.2. The van der Waals surface area contributed by atoms with Crippen LogP contribution in [0.25, 0.3) is 11.2 Å². The standard InChI is InChI=1S/C17H28FN5O2Si/c1-10-22-13-14(19)20-9-21-15(13)23(10)16-12(18)7-11(25-16)8-24-26(5,6)17(2,3)4/h9,11-12,16H,7-8H2,1-6H3,(H2,19,20,21)/t11-,12-,16+/m0/s1. The molecular formula is C17H28FN5O2Si. The van der Waals surface area contributed by atoms with Crippen molar-refractivity contribution in [2.75, 3.05) is 12.3 Å². The number of fused-ring (bicyclic) bond motifs is 1. The molecule has 144 valence electrons. The first-order chi connectivity index (χ1) is 12.0. The second-order valence-electron chi connectivity index (χ2n) is 8.43. The number of ether oxygens (including phenoxy) is 1. The summed E-state index contributed by atoms with van der Waals surface area (Å²) >= 11 is 0. The summed E-state index contributed by atoms with van der Waals surface area (Å²) < 4.78 is 28.6. The van der Waals surface area contributed by atoms with Crippen LogP contribution in [0.4, 0.5) is 10.2 Å². The smallest absolute Gasteiger partial charge is 0.192 e. The van der Waals surface area contributed by atoms with Crippen LogP contribution in [0.1, 0.15) is 39.2 Å². The number of halogens is 1. The third-order valence-corrected chi connectivity index (χ3v) is 10.0. The molecule has 0 spiro atoms. The number of nitrogen functional groups attached to an aromatic ring is 1. The van der Waals surface area contributed by atoms with E-state index >= 15 is 0 Å². The van der Waals surface area contributed by atoms with Crippen molar-refractivity contribution >= 4 is 25.3 Å². The topological polar surface area (TPSA) is 88.1 Å². The number of hydrogen-bond acceptors (Lipinski definition) is 6. The molecule has 1 fully saturated rings. The molecule has 0 aliphatic carbocycles. The zero-order valence-electron chi connectivity index (χ0n) is 16.3. The van der Waals surface area contributed by atoms with Gasteiger partial charge in [0, 0.05) is 6.42 Å². The molecule has 7 nitrogen and oxygen atoms in total. The van der Waals surface area contributed by atoms with E-state index in [4.69, 9.17) is 14.9 Å². The fourth-order valence-corrected chi connectivity index (χ4v) is 3.93. The zero-order valence-corrected chi connectivity index (χ0v) is 17.3. The van der Waals surface area contributed by atoms with Gasteiger partial charge in [-0.3, -0.25) is 4.57 Å². The molecule has 3 heterocycles. The van der Waals surface area contributed by atoms with Crippen molar-refractivity contribution in [3.8, 4) is 0 Å². The molecule has 1 saturated heterocycles. The number of anilines is 1. The Bertz CT molecular complexity index is 804. The number of aryl methyl sites for hydroxylation is 1. The molecule has 9 heteroatoms. The van der Waals surface area contributed by atoms with Gasteiger partial charge in [-0.1, -0.05) is 20.8 Å². The maximum absolute atomic E-state index is 14.8. The predicted octanol–water partition coefficient (Wildman–Crippen LogP) is 3.36. The van der Waals surface area contributed by atoms with Gasteiger partial charge < -0.3 is 14.9 Å². The van der Waals surface area contributed by atoms with E-state index in [1.54, 1.807) is 11.5 Å². The molecule has 0 amide bonds. The number of rotatable bonds is 4. The molecule has 3 atom stereocenters. The fourth-order valence-electron chi connectivity index (χ4n) is 2.89. The Morgan fingerprint density at radius 1 is 1.38 bits per heavy atom. The highest BCUT2D eigenvalue weighted by atomic mass is 28.4. The van der Waals surface area contributed by atoms with E-state index in [9.17, 15) is 4.39 Å². The van der Waals surface area contributed by atoms with Gasteiger partial charge in [-0.25, -0.2) is 19.3 Å². The summed E-state index contributed by atoms with van der Waals surface area (Å²) in [6.45, 7) is 13.1. The molecule has 0 unspecified atom stereocenters. The van der Waals surface area contributed by atoms with Gasteiger partial charge in [0.2, 0.25) is 0 Å². The van der Waals surface area contributed by atoms with E-state index in [1.165, 1.54) is 6.33 Å². The minimum atomic E-state index is -1.90. The van der Waals surface area contributed by atoms with Gasteiger partial charge >= 0.3 is 0 Å². The van der Waals surface area contributed by atoms with Crippen molar-refractivity contribution in [3.63, 3.8) is 0 Å². The molecule has 2 N–H and O–H groups in total. The maximum Gasteiger partial charge on any atom is 0.192 e. The molecule has 1 aliphatic rings. The lowest BCUT2D eigenvalue weighted by Gasteiger charge is -2.36. The molecule has 1 aliphatic heterocycles. The Morgan fingerprint density at radius 2 is 2.08 bits per heavy atom. The first-order valence-corrected chi connectivity index (χ1v) is 11.8. The quantitative estimate of drug-likeness (QED) is 0.817. The monoisotopic (exact) mass is 381 g/mol. The molecular weight excluding hydrogens is 353 g/mol. The van der Waals surface area contributed by atoms with E-state index in [2.05, 4.69) is 48.8 Å². The Kier molecular flexibility index (Phi) is 4.83. The van der Waals surface area contributed by atoms with Crippen LogP contribution >= 0.6 is 0 Å². The number of nitrogens with zero attached hydrogens (tertiary/aromatic N) is 4. The van der Waals surface area contributed by atoms with Gasteiger partial charge in [-0.2, -0.15) is 0 Å². The summed E-state index contributed by atoms with van der Waals surface area (Å²) in [7, 11) is -1.90. The summed E-state index contributed by atoms with van der Waals surface area (Å²) in [5.41, 5.74) is 6.83. The minimum absolute atomic E-state index is 0.103. The maximum atomic E-state index is 14.8. The van der Waals surface area contributed by atoms with Crippen molar-refractivity contribution in [1.29, 1.82) is 0 Å². The van der Waals surface area contributed by atoms with Crippen LogP contribution in [-0.2, 0) is 9.16 Å². The Morgan fingerprint density at radius 3 is 2.73 bits per heavy atom. The van der Waals surface area contributed by atoms with E-state index in [-0.39, 0.29) is 17.0 Å². The van der Waals surface area contributed by atoms with Gasteiger partial charge in [0.15, 0.2) is 31.5 Å². The van der Waals surface area contributed by atoms with Crippen molar-refractivity contribution in [2.45, 2.75) is 70.8 Å². The van der Waals surface area contributed by atoms with Gasteiger partial charge in [-0.05, 0) is 25.1 Å². The summed E-state index contributed by atoms with van der Waals surface area (Å²) in [4.78, 5) is 12.5. The number of aromatic nitrogens is 4. The predicted molar refractivity (Wildman–Crippen MR) is 101 cm³/mol. The lowest BCUT2D eigenvalue weighted by Crippen LogP contribution is -2.42. The average molecular weight is 382 g/mol. The summed E-state index contributed by atoms with van der Waals surface area (Å²) in [5.74, 6) is 0.883. The van der Waals surface area contributed by atoms with Crippen LogP contribution in [0.5, 0.6) is 0 Å². The highest BCUT2D eigenvalue weighted by Gasteiger charge is 2.42. The third kappa shape index (κ3) is 3.35. The van der Waals surface area contributed by atoms with E-state index in [0.717, 1.165) is 0 Å². The molecule has 2 aromatic rings. The molecule has 2 aromatic heterocycles. The normalized spacial score (nSPS) is 24.5. The van der Waals surface area contributed by atoms with E-state index < -0.39 is 20.7 Å². The van der Waals surface area contributed by atoms with Crippen LogP contribution in [0.2, 0.25) is 18.1 Å². The van der Waals surface area contributed by atoms with Crippen molar-refractivity contribution in [2.24, 2.45) is 0 Å². The Labute approximate surface area is 154 Å². The third-order valence-electron chi connectivity index (χ3n) is 5.50. The van der Waals surface area contributed by atoms with Gasteiger partial charge in [0.05, 0.1) is 12.7 Å². The molecule has 0 bridgehead atoms. The second kappa shape index (κ2) is 6.54. The zero-order chi connectivity index (χ0) is 19.3. The first kappa shape index (κ1) is 19.2. The van der Waals surface area contributed by atoms with Gasteiger partial charge in [0.25, 0.3) is 0 Å². The summed E-state index contributed by atoms with van der Waals surface area (Å²) in [6, 6.07) is 0. The minimum Gasteiger partial charge on any atom is -0.414 e. The average Bonchev–Trinajstić information content (AvgIpc) is 3.04. The molecule has 0 aromatic carbocycles. The van der Waals surface area contributed by atoms with E-state index in [0.29, 0.717) is 30.0 Å². The lowest BCUT2D eigenvalue weighted by molar-refractivity contribution is -0.0340. The molecule has 26 heavy (non-hydrogen) atoms. The number of hydrogen-bond donors (Lipinski definition) is 1. The largest absolute Gasteiger partial charge is 0.414 e. The lowest BCUT2D eigenvalue weighted by atomic mass is 10.2. The molecule has 0 saturated carbocycles. The Hall–Kier alpha value is -1.58. The van der Waals surface area contributed by atoms with E-state index in [1.807, 2.05) is 0 Å². The van der Waals surface area contributed by atoms with Crippen LogP contribution in [0, 0.1) is 6.92 Å². The number of nitrogens with two attached hydrogens (primary N) is 1. The van der Waals surface area contributed by atoms with Crippen LogP contribution in [-0.4, -0.2) is 46.7 Å². The van der Waals surface area contributed by atoms with Gasteiger partial charge in [-0.15, -0.1) is 0 Å². The van der Waals surface area contributed by atoms with Crippen LogP contribution in [0.3, 0.4) is 0 Å². The van der Waals surface area contributed by atoms with Crippen molar-refractivity contribution < 1.29 is 13.6 Å². The SMILES string of the molecule is Cc1nc2c(N)ncnc2n1[C@@H]1O[C@H](CO[Si](C)(C)C(C)(C)C)C[C@@H]1F. The van der Waals surface area contributed by atoms with Gasteiger partial charge in [0.1, 0.15) is 18.3 Å². The molecule has 0 radical (unpaired) electrons. The Balaban J connectivity index is 1.78. The van der Waals surface area contributed by atoms with Crippen molar-refractivity contribution in [3.05, 3.63) is 12.2 Å². The highest BCUT2D eigenvalue weighted by Crippen LogP contribution is 2.39. The van der Waals surface area contributed by atoms with Crippen LogP contribution < -0.4 is 5.73 Å². The summed E-state index contributed by atoms with van der Waals surface area (Å²) in [5, 5.41) is 0.103. The summed E-state index contributed by atoms with van der Waals surface area (Å²) in [6.07, 6.45) is -0.577. The number of imidazole rings is 1. The number of alkyl halides is 1. The highest BCUT2D eigenvalue weighted by molar-refractivity contribution is 6.74. The first-order valence-electron chi connectivity index (χ1n) is 8.90. The van der Waals surface area contributed by atoms with Crippen molar-refractivity contribution in [1.82, 2.24) is 19.5 Å². The fraction of sp³-hybridized carbons (Fsp3) is 0.706. The molecule has 3 rings (SSSR count).